The Morgan fingerprint density at radius 1 is 1.32 bits per heavy atom. The van der Waals surface area contributed by atoms with E-state index >= 15 is 0 Å². The number of sulfonamides is 1. The van der Waals surface area contributed by atoms with Crippen molar-refractivity contribution in [3.63, 3.8) is 0 Å². The summed E-state index contributed by atoms with van der Waals surface area (Å²) in [6, 6.07) is 4.41. The molecule has 0 saturated heterocycles. The number of carbonyl (C=O) groups excluding carboxylic acids is 1. The van der Waals surface area contributed by atoms with E-state index in [1.54, 1.807) is 20.8 Å². The molecule has 9 nitrogen and oxygen atoms in total. The molecule has 0 fully saturated rings. The third kappa shape index (κ3) is 5.46. The van der Waals surface area contributed by atoms with Gasteiger partial charge in [-0.3, -0.25) is 4.79 Å². The SMILES string of the molecule is CCN(CC)S(=O)(=O)c1ccc(OC)c(NC(=O)CSCc2noc(C)n2)c1. The number of ether oxygens (including phenoxy) is 1. The maximum Gasteiger partial charge on any atom is 0.243 e. The minimum atomic E-state index is -3.64. The highest BCUT2D eigenvalue weighted by molar-refractivity contribution is 7.99. The van der Waals surface area contributed by atoms with Gasteiger partial charge in [0.1, 0.15) is 5.75 Å². The number of thioether (sulfide) groups is 1. The molecule has 2 rings (SSSR count). The molecule has 0 aliphatic carbocycles. The standard InChI is InChI=1S/C17H24N4O5S2/c1-5-21(6-2)28(23,24)13-7-8-15(25-4)14(9-13)19-17(22)11-27-10-16-18-12(3)26-20-16/h7-9H,5-6,10-11H2,1-4H3,(H,19,22). The maximum atomic E-state index is 12.7. The molecule has 0 saturated carbocycles. The predicted molar refractivity (Wildman–Crippen MR) is 107 cm³/mol. The summed E-state index contributed by atoms with van der Waals surface area (Å²) < 4.78 is 36.9. The fourth-order valence-corrected chi connectivity index (χ4v) is 4.62. The van der Waals surface area contributed by atoms with E-state index in [0.29, 0.717) is 42.0 Å². The zero-order valence-corrected chi connectivity index (χ0v) is 17.9. The van der Waals surface area contributed by atoms with Crippen molar-refractivity contribution < 1.29 is 22.5 Å². The molecule has 0 spiro atoms. The number of aryl methyl sites for hydroxylation is 1. The largest absolute Gasteiger partial charge is 0.495 e. The Kier molecular flexibility index (Phi) is 7.84. The normalized spacial score (nSPS) is 11.6. The quantitative estimate of drug-likeness (QED) is 0.613. The fraction of sp³-hybridized carbons (Fsp3) is 0.471. The number of amides is 1. The maximum absolute atomic E-state index is 12.7. The van der Waals surface area contributed by atoms with Crippen molar-refractivity contribution in [2.24, 2.45) is 0 Å². The van der Waals surface area contributed by atoms with Gasteiger partial charge in [-0.25, -0.2) is 8.42 Å². The van der Waals surface area contributed by atoms with Gasteiger partial charge in [0.2, 0.25) is 21.8 Å². The number of aromatic nitrogens is 2. The Balaban J connectivity index is 2.09. The Hall–Kier alpha value is -2.11. The smallest absolute Gasteiger partial charge is 0.243 e. The number of rotatable bonds is 10. The van der Waals surface area contributed by atoms with Crippen molar-refractivity contribution in [2.45, 2.75) is 31.4 Å². The van der Waals surface area contributed by atoms with Crippen LogP contribution < -0.4 is 10.1 Å². The van der Waals surface area contributed by atoms with Crippen molar-refractivity contribution in [3.8, 4) is 5.75 Å². The highest BCUT2D eigenvalue weighted by atomic mass is 32.2. The first-order valence-corrected chi connectivity index (χ1v) is 11.3. The fourth-order valence-electron chi connectivity index (χ4n) is 2.48. The molecule has 0 radical (unpaired) electrons. The van der Waals surface area contributed by atoms with Gasteiger partial charge >= 0.3 is 0 Å². The zero-order chi connectivity index (χ0) is 20.7. The van der Waals surface area contributed by atoms with Crippen molar-refractivity contribution in [1.29, 1.82) is 0 Å². The summed E-state index contributed by atoms with van der Waals surface area (Å²) >= 11 is 1.32. The van der Waals surface area contributed by atoms with Crippen LogP contribution >= 0.6 is 11.8 Å². The number of hydrogen-bond donors (Lipinski definition) is 1. The molecule has 0 atom stereocenters. The Labute approximate surface area is 168 Å². The van der Waals surface area contributed by atoms with Gasteiger partial charge in [-0.1, -0.05) is 19.0 Å². The lowest BCUT2D eigenvalue weighted by molar-refractivity contribution is -0.113. The minimum absolute atomic E-state index is 0.0993. The van der Waals surface area contributed by atoms with E-state index < -0.39 is 10.0 Å². The molecule has 2 aromatic rings. The number of carbonyl (C=O) groups is 1. The lowest BCUT2D eigenvalue weighted by atomic mass is 10.3. The second-order valence-corrected chi connectivity index (χ2v) is 8.65. The van der Waals surface area contributed by atoms with Crippen molar-refractivity contribution >= 4 is 33.4 Å². The van der Waals surface area contributed by atoms with Crippen LogP contribution in [0.3, 0.4) is 0 Å². The summed E-state index contributed by atoms with van der Waals surface area (Å²) in [6.45, 7) is 5.96. The highest BCUT2D eigenvalue weighted by Crippen LogP contribution is 2.29. The molecular weight excluding hydrogens is 404 g/mol. The first kappa shape index (κ1) is 22.2. The molecule has 0 unspecified atom stereocenters. The summed E-state index contributed by atoms with van der Waals surface area (Å²) in [6.07, 6.45) is 0. The summed E-state index contributed by atoms with van der Waals surface area (Å²) in [7, 11) is -2.19. The lowest BCUT2D eigenvalue weighted by Gasteiger charge is -2.19. The average Bonchev–Trinajstić information content (AvgIpc) is 3.07. The molecule has 1 heterocycles. The van der Waals surface area contributed by atoms with Gasteiger partial charge in [0.25, 0.3) is 0 Å². The van der Waals surface area contributed by atoms with Crippen LogP contribution in [-0.4, -0.2) is 54.7 Å². The molecule has 11 heteroatoms. The van der Waals surface area contributed by atoms with E-state index in [9.17, 15) is 13.2 Å². The Bertz CT molecular complexity index is 910. The lowest BCUT2D eigenvalue weighted by Crippen LogP contribution is -2.30. The van der Waals surface area contributed by atoms with Crippen LogP contribution in [0.4, 0.5) is 5.69 Å². The molecular formula is C17H24N4O5S2. The summed E-state index contributed by atoms with van der Waals surface area (Å²) in [4.78, 5) is 16.4. The third-order valence-corrected chi connectivity index (χ3v) is 6.80. The van der Waals surface area contributed by atoms with E-state index in [1.807, 2.05) is 0 Å². The topological polar surface area (TPSA) is 115 Å². The minimum Gasteiger partial charge on any atom is -0.495 e. The molecule has 0 bridgehead atoms. The molecule has 28 heavy (non-hydrogen) atoms. The van der Waals surface area contributed by atoms with Gasteiger partial charge in [-0.2, -0.15) is 9.29 Å². The highest BCUT2D eigenvalue weighted by Gasteiger charge is 2.23. The number of nitrogens with zero attached hydrogens (tertiary/aromatic N) is 3. The monoisotopic (exact) mass is 428 g/mol. The van der Waals surface area contributed by atoms with Crippen LogP contribution in [0.5, 0.6) is 5.75 Å². The second-order valence-electron chi connectivity index (χ2n) is 5.72. The first-order valence-electron chi connectivity index (χ1n) is 8.66. The second kappa shape index (κ2) is 9.89. The van der Waals surface area contributed by atoms with Gasteiger partial charge in [0, 0.05) is 20.0 Å². The Morgan fingerprint density at radius 2 is 2.04 bits per heavy atom. The molecule has 1 aromatic carbocycles. The van der Waals surface area contributed by atoms with Gasteiger partial charge < -0.3 is 14.6 Å². The number of nitrogens with one attached hydrogen (secondary N) is 1. The molecule has 0 aliphatic rings. The zero-order valence-electron chi connectivity index (χ0n) is 16.3. The summed E-state index contributed by atoms with van der Waals surface area (Å²) in [5.74, 6) is 1.64. The van der Waals surface area contributed by atoms with Gasteiger partial charge in [-0.05, 0) is 18.2 Å². The molecule has 1 aromatic heterocycles. The number of anilines is 1. The number of benzene rings is 1. The van der Waals surface area contributed by atoms with E-state index in [4.69, 9.17) is 9.26 Å². The van der Waals surface area contributed by atoms with Crippen molar-refractivity contribution in [2.75, 3.05) is 31.3 Å². The van der Waals surface area contributed by atoms with Crippen LogP contribution in [0, 0.1) is 6.92 Å². The molecule has 0 aliphatic heterocycles. The van der Waals surface area contributed by atoms with Crippen LogP contribution in [-0.2, 0) is 20.6 Å². The van der Waals surface area contributed by atoms with E-state index in [2.05, 4.69) is 15.5 Å². The summed E-state index contributed by atoms with van der Waals surface area (Å²) in [5.41, 5.74) is 0.303. The number of hydrogen-bond acceptors (Lipinski definition) is 8. The molecule has 154 valence electrons. The van der Waals surface area contributed by atoms with Crippen LogP contribution in [0.1, 0.15) is 25.6 Å². The summed E-state index contributed by atoms with van der Waals surface area (Å²) in [5, 5.41) is 6.47. The van der Waals surface area contributed by atoms with Crippen LogP contribution in [0.25, 0.3) is 0 Å². The van der Waals surface area contributed by atoms with Crippen LogP contribution in [0.2, 0.25) is 0 Å². The van der Waals surface area contributed by atoms with E-state index in [0.717, 1.165) is 0 Å². The van der Waals surface area contributed by atoms with E-state index in [1.165, 1.54) is 41.4 Å². The van der Waals surface area contributed by atoms with Gasteiger partial charge in [-0.15, -0.1) is 11.8 Å². The number of methoxy groups -OCH3 is 1. The molecule has 1 N–H and O–H groups in total. The predicted octanol–water partition coefficient (Wildman–Crippen LogP) is 2.29. The van der Waals surface area contributed by atoms with Crippen molar-refractivity contribution in [1.82, 2.24) is 14.4 Å². The Morgan fingerprint density at radius 3 is 2.61 bits per heavy atom. The van der Waals surface area contributed by atoms with Gasteiger partial charge in [0.15, 0.2) is 5.82 Å². The first-order chi connectivity index (χ1) is 13.3. The van der Waals surface area contributed by atoms with Gasteiger partial charge in [0.05, 0.1) is 29.2 Å². The van der Waals surface area contributed by atoms with Crippen LogP contribution in [0.15, 0.2) is 27.6 Å². The van der Waals surface area contributed by atoms with E-state index in [-0.39, 0.29) is 16.6 Å². The average molecular weight is 429 g/mol. The third-order valence-electron chi connectivity index (χ3n) is 3.82. The van der Waals surface area contributed by atoms with Crippen molar-refractivity contribution in [3.05, 3.63) is 29.9 Å². The molecule has 1 amide bonds.